The van der Waals surface area contributed by atoms with Gasteiger partial charge in [0.2, 0.25) is 0 Å². The van der Waals surface area contributed by atoms with E-state index in [9.17, 15) is 9.50 Å². The molecule has 0 unspecified atom stereocenters. The number of halogens is 2. The predicted molar refractivity (Wildman–Crippen MR) is 67.7 cm³/mol. The van der Waals surface area contributed by atoms with Crippen LogP contribution in [-0.2, 0) is 6.42 Å². The first-order chi connectivity index (χ1) is 9.11. The number of aromatic hydroxyl groups is 1. The van der Waals surface area contributed by atoms with Gasteiger partial charge in [0.25, 0.3) is 0 Å². The number of hydrogen-bond acceptors (Lipinski definition) is 5. The molecule has 19 heavy (non-hydrogen) atoms. The normalized spacial score (nSPS) is 9.95. The summed E-state index contributed by atoms with van der Waals surface area (Å²) in [5, 5.41) is 20.6. The molecule has 2 rings (SSSR count). The van der Waals surface area contributed by atoms with Gasteiger partial charge in [-0.1, -0.05) is 17.7 Å². The summed E-state index contributed by atoms with van der Waals surface area (Å²) < 4.78 is 13.8. The van der Waals surface area contributed by atoms with Crippen molar-refractivity contribution in [3.63, 3.8) is 0 Å². The van der Waals surface area contributed by atoms with Gasteiger partial charge in [0, 0.05) is 0 Å². The second kappa shape index (κ2) is 5.50. The zero-order chi connectivity index (χ0) is 13.8. The van der Waals surface area contributed by atoms with E-state index in [1.807, 2.05) is 6.07 Å². The zero-order valence-electron chi connectivity index (χ0n) is 9.56. The van der Waals surface area contributed by atoms with Gasteiger partial charge in [-0.25, -0.2) is 14.4 Å². The Bertz CT molecular complexity index is 657. The van der Waals surface area contributed by atoms with E-state index < -0.39 is 5.82 Å². The average molecular weight is 279 g/mol. The Morgan fingerprint density at radius 1 is 1.42 bits per heavy atom. The fourth-order valence-electron chi connectivity index (χ4n) is 1.44. The molecule has 1 aromatic carbocycles. The monoisotopic (exact) mass is 278 g/mol. The Kier molecular flexibility index (Phi) is 3.78. The number of nitrogens with one attached hydrogen (secondary N) is 1. The fraction of sp³-hybridized carbons (Fsp3) is 0.0833. The standard InChI is InChI=1S/C12H8ClFN4O/c13-11-10(19)12(17-6-16-11)18-9-2-1-7(3-4-15)5-8(9)14/h1-2,5-6,19H,3H2,(H,16,17,18). The van der Waals surface area contributed by atoms with E-state index in [4.69, 9.17) is 16.9 Å². The summed E-state index contributed by atoms with van der Waals surface area (Å²) in [5.74, 6) is -0.904. The van der Waals surface area contributed by atoms with Gasteiger partial charge in [0.05, 0.1) is 18.2 Å². The van der Waals surface area contributed by atoms with Gasteiger partial charge in [-0.05, 0) is 17.7 Å². The van der Waals surface area contributed by atoms with E-state index in [2.05, 4.69) is 15.3 Å². The first kappa shape index (κ1) is 13.1. The lowest BCUT2D eigenvalue weighted by Crippen LogP contribution is -1.98. The minimum atomic E-state index is -0.554. The van der Waals surface area contributed by atoms with Gasteiger partial charge in [0.1, 0.15) is 12.1 Å². The summed E-state index contributed by atoms with van der Waals surface area (Å²) >= 11 is 5.62. The molecule has 0 fully saturated rings. The molecule has 0 spiro atoms. The van der Waals surface area contributed by atoms with Crippen LogP contribution < -0.4 is 5.32 Å². The van der Waals surface area contributed by atoms with Gasteiger partial charge in [-0.15, -0.1) is 0 Å². The molecule has 0 amide bonds. The van der Waals surface area contributed by atoms with Crippen molar-refractivity contribution in [3.8, 4) is 11.8 Å². The van der Waals surface area contributed by atoms with Crippen LogP contribution in [0.15, 0.2) is 24.5 Å². The number of nitrogens with zero attached hydrogens (tertiary/aromatic N) is 3. The van der Waals surface area contributed by atoms with Crippen molar-refractivity contribution < 1.29 is 9.50 Å². The molecule has 0 aliphatic rings. The van der Waals surface area contributed by atoms with Crippen LogP contribution in [-0.4, -0.2) is 15.1 Å². The summed E-state index contributed by atoms with van der Waals surface area (Å²) in [6.45, 7) is 0. The highest BCUT2D eigenvalue weighted by Gasteiger charge is 2.11. The van der Waals surface area contributed by atoms with Gasteiger partial charge in [-0.3, -0.25) is 0 Å². The molecule has 0 bridgehead atoms. The number of benzene rings is 1. The molecule has 0 aliphatic heterocycles. The van der Waals surface area contributed by atoms with E-state index in [1.165, 1.54) is 12.1 Å². The number of rotatable bonds is 3. The van der Waals surface area contributed by atoms with Crippen molar-refractivity contribution in [3.05, 3.63) is 41.1 Å². The number of aromatic nitrogens is 2. The molecule has 0 saturated heterocycles. The third-order valence-electron chi connectivity index (χ3n) is 2.35. The first-order valence-corrected chi connectivity index (χ1v) is 5.61. The highest BCUT2D eigenvalue weighted by Crippen LogP contribution is 2.30. The van der Waals surface area contributed by atoms with Crippen molar-refractivity contribution in [2.24, 2.45) is 0 Å². The lowest BCUT2D eigenvalue weighted by molar-refractivity contribution is 0.472. The second-order valence-corrected chi connectivity index (χ2v) is 3.99. The summed E-state index contributed by atoms with van der Waals surface area (Å²) in [7, 11) is 0. The molecular formula is C12H8ClFN4O. The van der Waals surface area contributed by atoms with E-state index in [-0.39, 0.29) is 28.8 Å². The molecule has 7 heteroatoms. The van der Waals surface area contributed by atoms with Crippen molar-refractivity contribution in [2.45, 2.75) is 6.42 Å². The van der Waals surface area contributed by atoms with E-state index in [0.29, 0.717) is 5.56 Å². The van der Waals surface area contributed by atoms with Crippen molar-refractivity contribution in [1.29, 1.82) is 5.26 Å². The fourth-order valence-corrected chi connectivity index (χ4v) is 1.57. The number of hydrogen-bond donors (Lipinski definition) is 2. The molecule has 0 radical (unpaired) electrons. The average Bonchev–Trinajstić information content (AvgIpc) is 2.38. The summed E-state index contributed by atoms with van der Waals surface area (Å²) in [6, 6.07) is 6.23. The highest BCUT2D eigenvalue weighted by atomic mass is 35.5. The van der Waals surface area contributed by atoms with Gasteiger partial charge in [0.15, 0.2) is 16.7 Å². The smallest absolute Gasteiger partial charge is 0.196 e. The predicted octanol–water partition coefficient (Wildman–Crippen LogP) is 2.78. The Morgan fingerprint density at radius 3 is 2.89 bits per heavy atom. The van der Waals surface area contributed by atoms with Crippen molar-refractivity contribution in [1.82, 2.24) is 9.97 Å². The minimum Gasteiger partial charge on any atom is -0.502 e. The lowest BCUT2D eigenvalue weighted by Gasteiger charge is -2.09. The quantitative estimate of drug-likeness (QED) is 0.844. The van der Waals surface area contributed by atoms with E-state index >= 15 is 0 Å². The SMILES string of the molecule is N#CCc1ccc(Nc2ncnc(Cl)c2O)c(F)c1. The number of nitriles is 1. The Hall–Kier alpha value is -2.39. The van der Waals surface area contributed by atoms with Gasteiger partial charge >= 0.3 is 0 Å². The molecule has 5 nitrogen and oxygen atoms in total. The first-order valence-electron chi connectivity index (χ1n) is 5.23. The van der Waals surface area contributed by atoms with Crippen LogP contribution in [0.25, 0.3) is 0 Å². The zero-order valence-corrected chi connectivity index (χ0v) is 10.3. The largest absolute Gasteiger partial charge is 0.502 e. The molecular weight excluding hydrogens is 271 g/mol. The topological polar surface area (TPSA) is 81.8 Å². The third kappa shape index (κ3) is 2.89. The van der Waals surface area contributed by atoms with Crippen LogP contribution in [0.4, 0.5) is 15.9 Å². The molecule has 1 aromatic heterocycles. The summed E-state index contributed by atoms with van der Waals surface area (Å²) in [5.41, 5.74) is 0.683. The maximum atomic E-state index is 13.8. The Balaban J connectivity index is 2.29. The van der Waals surface area contributed by atoms with E-state index in [1.54, 1.807) is 6.07 Å². The molecule has 2 N–H and O–H groups in total. The van der Waals surface area contributed by atoms with Crippen LogP contribution in [0, 0.1) is 17.1 Å². The maximum Gasteiger partial charge on any atom is 0.196 e. The Labute approximate surface area is 113 Å². The molecule has 2 aromatic rings. The van der Waals surface area contributed by atoms with E-state index in [0.717, 1.165) is 6.33 Å². The minimum absolute atomic E-state index is 0.00642. The molecule has 0 saturated carbocycles. The molecule has 0 aliphatic carbocycles. The second-order valence-electron chi connectivity index (χ2n) is 3.64. The Morgan fingerprint density at radius 2 is 2.21 bits per heavy atom. The summed E-state index contributed by atoms with van der Waals surface area (Å²) in [6.07, 6.45) is 1.27. The third-order valence-corrected chi connectivity index (χ3v) is 2.62. The van der Waals surface area contributed by atoms with Crippen LogP contribution in [0.2, 0.25) is 5.15 Å². The maximum absolute atomic E-state index is 13.8. The van der Waals surface area contributed by atoms with Gasteiger partial charge in [-0.2, -0.15) is 5.26 Å². The van der Waals surface area contributed by atoms with Crippen LogP contribution >= 0.6 is 11.6 Å². The summed E-state index contributed by atoms with van der Waals surface area (Å²) in [4.78, 5) is 7.33. The number of anilines is 2. The van der Waals surface area contributed by atoms with Crippen LogP contribution in [0.3, 0.4) is 0 Å². The van der Waals surface area contributed by atoms with Gasteiger partial charge < -0.3 is 10.4 Å². The molecule has 96 valence electrons. The van der Waals surface area contributed by atoms with Crippen molar-refractivity contribution >= 4 is 23.1 Å². The lowest BCUT2D eigenvalue weighted by atomic mass is 10.1. The molecule has 1 heterocycles. The van der Waals surface area contributed by atoms with Crippen LogP contribution in [0.1, 0.15) is 5.56 Å². The molecule has 0 atom stereocenters. The highest BCUT2D eigenvalue weighted by molar-refractivity contribution is 6.31. The van der Waals surface area contributed by atoms with Crippen molar-refractivity contribution in [2.75, 3.05) is 5.32 Å². The van der Waals surface area contributed by atoms with Crippen LogP contribution in [0.5, 0.6) is 5.75 Å².